The first-order valence-electron chi connectivity index (χ1n) is 5.68. The average molecular weight is 210 g/mol. The quantitative estimate of drug-likeness (QED) is 0.786. The van der Waals surface area contributed by atoms with Gasteiger partial charge in [-0.3, -0.25) is 0 Å². The highest BCUT2D eigenvalue weighted by Crippen LogP contribution is 2.27. The number of aromatic nitrogens is 1. The Morgan fingerprint density at radius 2 is 1.88 bits per heavy atom. The minimum Gasteiger partial charge on any atom is -0.384 e. The van der Waals surface area contributed by atoms with Gasteiger partial charge in [-0.2, -0.15) is 0 Å². The number of rotatable bonds is 1. The summed E-state index contributed by atoms with van der Waals surface area (Å²) >= 11 is 0. The molecule has 1 aromatic heterocycles. The summed E-state index contributed by atoms with van der Waals surface area (Å²) in [6, 6.07) is 12.4. The second-order valence-corrected chi connectivity index (χ2v) is 4.28. The third kappa shape index (κ3) is 1.56. The highest BCUT2D eigenvalue weighted by molar-refractivity contribution is 5.63. The highest BCUT2D eigenvalue weighted by Gasteiger charge is 2.11. The lowest BCUT2D eigenvalue weighted by molar-refractivity contribution is 0.912. The summed E-state index contributed by atoms with van der Waals surface area (Å²) in [6.45, 7) is 0. The lowest BCUT2D eigenvalue weighted by atomic mass is 10.0. The van der Waals surface area contributed by atoms with Crippen molar-refractivity contribution in [2.24, 2.45) is 0 Å². The smallest absolute Gasteiger partial charge is 0.124 e. The van der Waals surface area contributed by atoms with Crippen LogP contribution in [0.3, 0.4) is 0 Å². The Balaban J connectivity index is 2.07. The van der Waals surface area contributed by atoms with Crippen LogP contribution in [0.2, 0.25) is 0 Å². The van der Waals surface area contributed by atoms with Crippen molar-refractivity contribution < 1.29 is 0 Å². The van der Waals surface area contributed by atoms with Gasteiger partial charge in [-0.25, -0.2) is 4.98 Å². The van der Waals surface area contributed by atoms with E-state index in [9.17, 15) is 0 Å². The summed E-state index contributed by atoms with van der Waals surface area (Å²) < 4.78 is 0. The van der Waals surface area contributed by atoms with Gasteiger partial charge in [0.2, 0.25) is 0 Å². The Kier molecular flexibility index (Phi) is 2.13. The van der Waals surface area contributed by atoms with Crippen LogP contribution >= 0.6 is 0 Å². The molecule has 0 bridgehead atoms. The maximum Gasteiger partial charge on any atom is 0.124 e. The second-order valence-electron chi connectivity index (χ2n) is 4.28. The highest BCUT2D eigenvalue weighted by atomic mass is 14.8. The number of hydrogen-bond acceptors (Lipinski definition) is 2. The Hall–Kier alpha value is -1.83. The van der Waals surface area contributed by atoms with Crippen LogP contribution in [-0.2, 0) is 12.8 Å². The topological polar surface area (TPSA) is 38.9 Å². The molecule has 2 heteroatoms. The fourth-order valence-electron chi connectivity index (χ4n) is 2.34. The van der Waals surface area contributed by atoms with Crippen molar-refractivity contribution in [1.82, 2.24) is 4.98 Å². The van der Waals surface area contributed by atoms with Gasteiger partial charge in [0.05, 0.1) is 5.69 Å². The molecule has 1 aliphatic carbocycles. The SMILES string of the molecule is Nc1cccc(-c2ccc3c(c2)CCC3)n1. The molecule has 1 aliphatic rings. The standard InChI is InChI=1S/C14H14N2/c15-14-6-2-5-13(16-14)12-8-7-10-3-1-4-11(10)9-12/h2,5-9H,1,3-4H2,(H2,15,16). The van der Waals surface area contributed by atoms with Crippen LogP contribution in [0.5, 0.6) is 0 Å². The Bertz CT molecular complexity index is 532. The molecule has 16 heavy (non-hydrogen) atoms. The summed E-state index contributed by atoms with van der Waals surface area (Å²) in [7, 11) is 0. The molecule has 0 saturated heterocycles. The zero-order chi connectivity index (χ0) is 11.0. The number of fused-ring (bicyclic) bond motifs is 1. The van der Waals surface area contributed by atoms with E-state index in [-0.39, 0.29) is 0 Å². The number of benzene rings is 1. The summed E-state index contributed by atoms with van der Waals surface area (Å²) in [5.74, 6) is 0.581. The van der Waals surface area contributed by atoms with Crippen molar-refractivity contribution in [3.63, 3.8) is 0 Å². The largest absolute Gasteiger partial charge is 0.384 e. The van der Waals surface area contributed by atoms with Gasteiger partial charge < -0.3 is 5.73 Å². The maximum absolute atomic E-state index is 5.70. The van der Waals surface area contributed by atoms with Gasteiger partial charge in [0.1, 0.15) is 5.82 Å². The minimum absolute atomic E-state index is 0.581. The Morgan fingerprint density at radius 3 is 2.75 bits per heavy atom. The van der Waals surface area contributed by atoms with Crippen molar-refractivity contribution >= 4 is 5.82 Å². The molecular formula is C14H14N2. The molecule has 0 amide bonds. The predicted octanol–water partition coefficient (Wildman–Crippen LogP) is 2.82. The molecule has 0 aliphatic heterocycles. The zero-order valence-corrected chi connectivity index (χ0v) is 9.11. The van der Waals surface area contributed by atoms with Gasteiger partial charge in [-0.05, 0) is 48.6 Å². The lowest BCUT2D eigenvalue weighted by Gasteiger charge is -2.05. The summed E-state index contributed by atoms with van der Waals surface area (Å²) in [5.41, 5.74) is 10.8. The van der Waals surface area contributed by atoms with Gasteiger partial charge in [0.15, 0.2) is 0 Å². The molecule has 80 valence electrons. The minimum atomic E-state index is 0.581. The molecule has 0 fully saturated rings. The molecule has 1 aromatic carbocycles. The van der Waals surface area contributed by atoms with Crippen LogP contribution in [0.4, 0.5) is 5.82 Å². The van der Waals surface area contributed by atoms with E-state index in [1.165, 1.54) is 36.0 Å². The molecule has 1 heterocycles. The fourth-order valence-corrected chi connectivity index (χ4v) is 2.34. The van der Waals surface area contributed by atoms with E-state index in [4.69, 9.17) is 5.73 Å². The first-order valence-corrected chi connectivity index (χ1v) is 5.68. The van der Waals surface area contributed by atoms with E-state index in [0.29, 0.717) is 5.82 Å². The summed E-state index contributed by atoms with van der Waals surface area (Å²) in [6.07, 6.45) is 3.70. The monoisotopic (exact) mass is 210 g/mol. The average Bonchev–Trinajstić information content (AvgIpc) is 2.75. The molecule has 0 saturated carbocycles. The summed E-state index contributed by atoms with van der Waals surface area (Å²) in [4.78, 5) is 4.35. The number of nitrogens with zero attached hydrogens (tertiary/aromatic N) is 1. The van der Waals surface area contributed by atoms with Crippen LogP contribution < -0.4 is 5.73 Å². The van der Waals surface area contributed by atoms with E-state index in [1.54, 1.807) is 0 Å². The van der Waals surface area contributed by atoms with E-state index < -0.39 is 0 Å². The molecule has 2 aromatic rings. The van der Waals surface area contributed by atoms with Crippen LogP contribution in [0.15, 0.2) is 36.4 Å². The molecular weight excluding hydrogens is 196 g/mol. The number of hydrogen-bond donors (Lipinski definition) is 1. The van der Waals surface area contributed by atoms with Crippen molar-refractivity contribution in [1.29, 1.82) is 0 Å². The molecule has 0 unspecified atom stereocenters. The second kappa shape index (κ2) is 3.63. The number of nitrogen functional groups attached to an aromatic ring is 1. The van der Waals surface area contributed by atoms with Gasteiger partial charge in [-0.1, -0.05) is 18.2 Å². The normalized spacial score (nSPS) is 13.8. The molecule has 0 spiro atoms. The van der Waals surface area contributed by atoms with Crippen LogP contribution in [0, 0.1) is 0 Å². The number of anilines is 1. The zero-order valence-electron chi connectivity index (χ0n) is 9.11. The third-order valence-corrected chi connectivity index (χ3v) is 3.16. The van der Waals surface area contributed by atoms with Crippen LogP contribution in [0.25, 0.3) is 11.3 Å². The van der Waals surface area contributed by atoms with Crippen molar-refractivity contribution in [2.75, 3.05) is 5.73 Å². The number of aryl methyl sites for hydroxylation is 2. The van der Waals surface area contributed by atoms with Crippen LogP contribution in [-0.4, -0.2) is 4.98 Å². The lowest BCUT2D eigenvalue weighted by Crippen LogP contribution is -1.92. The molecule has 2 nitrogen and oxygen atoms in total. The van der Waals surface area contributed by atoms with Gasteiger partial charge in [0, 0.05) is 5.56 Å². The first kappa shape index (κ1) is 9.40. The van der Waals surface area contributed by atoms with E-state index in [0.717, 1.165) is 5.69 Å². The Morgan fingerprint density at radius 1 is 1.00 bits per heavy atom. The number of pyridine rings is 1. The van der Waals surface area contributed by atoms with Crippen molar-refractivity contribution in [2.45, 2.75) is 19.3 Å². The third-order valence-electron chi connectivity index (χ3n) is 3.16. The Labute approximate surface area is 95.1 Å². The van der Waals surface area contributed by atoms with Gasteiger partial charge in [0.25, 0.3) is 0 Å². The molecule has 2 N–H and O–H groups in total. The van der Waals surface area contributed by atoms with Crippen molar-refractivity contribution in [3.05, 3.63) is 47.5 Å². The maximum atomic E-state index is 5.70. The first-order chi connectivity index (χ1) is 7.83. The molecule has 0 atom stereocenters. The molecule has 3 rings (SSSR count). The number of nitrogens with two attached hydrogens (primary N) is 1. The van der Waals surface area contributed by atoms with Gasteiger partial charge in [-0.15, -0.1) is 0 Å². The predicted molar refractivity (Wildman–Crippen MR) is 66.1 cm³/mol. The van der Waals surface area contributed by atoms with Gasteiger partial charge >= 0.3 is 0 Å². The van der Waals surface area contributed by atoms with E-state index >= 15 is 0 Å². The molecule has 0 radical (unpaired) electrons. The van der Waals surface area contributed by atoms with Crippen molar-refractivity contribution in [3.8, 4) is 11.3 Å². The van der Waals surface area contributed by atoms with E-state index in [1.807, 2.05) is 18.2 Å². The fraction of sp³-hybridized carbons (Fsp3) is 0.214. The summed E-state index contributed by atoms with van der Waals surface area (Å²) in [5, 5.41) is 0. The van der Waals surface area contributed by atoms with E-state index in [2.05, 4.69) is 23.2 Å². The van der Waals surface area contributed by atoms with Crippen LogP contribution in [0.1, 0.15) is 17.5 Å².